The average molecular weight is 468 g/mol. The van der Waals surface area contributed by atoms with Crippen LogP contribution in [0, 0.1) is 23.5 Å². The topological polar surface area (TPSA) is 61.4 Å². The summed E-state index contributed by atoms with van der Waals surface area (Å²) in [7, 11) is 0. The number of benzene rings is 1. The van der Waals surface area contributed by atoms with E-state index in [4.69, 9.17) is 11.6 Å². The molecule has 3 amide bonds. The van der Waals surface area contributed by atoms with E-state index in [0.29, 0.717) is 0 Å². The Morgan fingerprint density at radius 3 is 2.48 bits per heavy atom. The van der Waals surface area contributed by atoms with Crippen LogP contribution >= 0.6 is 11.6 Å². The van der Waals surface area contributed by atoms with Crippen LogP contribution in [0.25, 0.3) is 0 Å². The van der Waals surface area contributed by atoms with Gasteiger partial charge in [-0.2, -0.15) is 13.2 Å². The molecule has 0 unspecified atom stereocenters. The number of hydrogen-bond donors (Lipinski definition) is 2. The number of rotatable bonds is 3. The quantitative estimate of drug-likeness (QED) is 0.506. The van der Waals surface area contributed by atoms with Gasteiger partial charge in [-0.15, -0.1) is 0 Å². The van der Waals surface area contributed by atoms with E-state index in [1.807, 2.05) is 0 Å². The number of alkyl halides is 3. The number of amides is 3. The molecule has 172 valence electrons. The van der Waals surface area contributed by atoms with Crippen molar-refractivity contribution in [2.24, 2.45) is 11.8 Å². The van der Waals surface area contributed by atoms with E-state index >= 15 is 0 Å². The summed E-state index contributed by atoms with van der Waals surface area (Å²) in [5.74, 6) is -4.34. The van der Waals surface area contributed by atoms with Crippen LogP contribution in [0.3, 0.4) is 0 Å². The first kappa shape index (κ1) is 23.6. The number of carbonyl (C=O) groups excluding carboxylic acids is 2. The van der Waals surface area contributed by atoms with Gasteiger partial charge in [0.2, 0.25) is 5.91 Å². The van der Waals surface area contributed by atoms with Crippen LogP contribution < -0.4 is 10.6 Å². The van der Waals surface area contributed by atoms with Gasteiger partial charge in [-0.1, -0.05) is 17.7 Å². The van der Waals surface area contributed by atoms with Crippen molar-refractivity contribution in [1.82, 2.24) is 15.5 Å². The Bertz CT molecular complexity index is 843. The molecule has 2 atom stereocenters. The Balaban J connectivity index is 1.86. The van der Waals surface area contributed by atoms with Gasteiger partial charge in [0.15, 0.2) is 0 Å². The lowest BCUT2D eigenvalue weighted by Crippen LogP contribution is -2.58. The zero-order valence-electron chi connectivity index (χ0n) is 16.7. The number of piperazine rings is 1. The standard InChI is InChI=1S/C20H23ClF5N3O2/c1-10-18(30)27-8-9-29(10)19(31)28-17(13-6-7-14(22)15(21)16(13)23)11-2-4-12(5-3-11)20(24,25)26/h6-7,10-12,17H,2-5,8-9H2,1H3,(H,27,30)(H,28,31)/t10-,11-,12-,17-/m1/s1. The predicted octanol–water partition coefficient (Wildman–Crippen LogP) is 4.56. The minimum Gasteiger partial charge on any atom is -0.353 e. The van der Waals surface area contributed by atoms with Gasteiger partial charge in [-0.05, 0) is 44.6 Å². The Labute approximate surface area is 181 Å². The van der Waals surface area contributed by atoms with E-state index < -0.39 is 52.8 Å². The second kappa shape index (κ2) is 9.18. The normalized spacial score (nSPS) is 25.7. The largest absolute Gasteiger partial charge is 0.391 e. The second-order valence-electron chi connectivity index (χ2n) is 8.01. The SMILES string of the molecule is C[C@@H]1C(=O)NCCN1C(=O)N[C@@H](c1ccc(F)c(Cl)c1F)[C@H]1CC[C@H](C(F)(F)F)CC1. The van der Waals surface area contributed by atoms with Gasteiger partial charge in [0.25, 0.3) is 0 Å². The van der Waals surface area contributed by atoms with Gasteiger partial charge >= 0.3 is 12.2 Å². The van der Waals surface area contributed by atoms with Crippen LogP contribution in [-0.4, -0.2) is 42.1 Å². The summed E-state index contributed by atoms with van der Waals surface area (Å²) < 4.78 is 67.6. The molecule has 1 heterocycles. The molecule has 0 spiro atoms. The Hall–Kier alpha value is -2.10. The van der Waals surface area contributed by atoms with Gasteiger partial charge in [0.05, 0.1) is 12.0 Å². The molecule has 0 bridgehead atoms. The highest BCUT2D eigenvalue weighted by Gasteiger charge is 2.43. The highest BCUT2D eigenvalue weighted by Crippen LogP contribution is 2.44. The highest BCUT2D eigenvalue weighted by atomic mass is 35.5. The Kier molecular flexibility index (Phi) is 6.98. The number of carbonyl (C=O) groups is 2. The van der Waals surface area contributed by atoms with Gasteiger partial charge < -0.3 is 15.5 Å². The molecule has 0 aromatic heterocycles. The Morgan fingerprint density at radius 1 is 1.23 bits per heavy atom. The Morgan fingerprint density at radius 2 is 1.87 bits per heavy atom. The predicted molar refractivity (Wildman–Crippen MR) is 103 cm³/mol. The monoisotopic (exact) mass is 467 g/mol. The summed E-state index contributed by atoms with van der Waals surface area (Å²) in [6.45, 7) is 2.00. The molecule has 2 fully saturated rings. The van der Waals surface area contributed by atoms with Crippen molar-refractivity contribution in [3.8, 4) is 0 Å². The van der Waals surface area contributed by atoms with Crippen molar-refractivity contribution < 1.29 is 31.5 Å². The van der Waals surface area contributed by atoms with Crippen molar-refractivity contribution >= 4 is 23.5 Å². The molecule has 31 heavy (non-hydrogen) atoms. The maximum atomic E-state index is 14.8. The highest BCUT2D eigenvalue weighted by molar-refractivity contribution is 6.31. The number of nitrogens with zero attached hydrogens (tertiary/aromatic N) is 1. The van der Waals surface area contributed by atoms with E-state index in [9.17, 15) is 31.5 Å². The van der Waals surface area contributed by atoms with Crippen LogP contribution in [-0.2, 0) is 4.79 Å². The lowest BCUT2D eigenvalue weighted by molar-refractivity contribution is -0.184. The van der Waals surface area contributed by atoms with E-state index in [1.54, 1.807) is 0 Å². The summed E-state index contributed by atoms with van der Waals surface area (Å²) >= 11 is 5.70. The second-order valence-corrected chi connectivity index (χ2v) is 8.38. The smallest absolute Gasteiger partial charge is 0.353 e. The lowest BCUT2D eigenvalue weighted by Gasteiger charge is -2.38. The van der Waals surface area contributed by atoms with E-state index in [0.717, 1.165) is 12.1 Å². The fraction of sp³-hybridized carbons (Fsp3) is 0.600. The summed E-state index contributed by atoms with van der Waals surface area (Å²) in [5.41, 5.74) is -0.0932. The zero-order valence-corrected chi connectivity index (χ0v) is 17.5. The van der Waals surface area contributed by atoms with Crippen molar-refractivity contribution in [3.63, 3.8) is 0 Å². The third-order valence-corrected chi connectivity index (χ3v) is 6.49. The summed E-state index contributed by atoms with van der Waals surface area (Å²) in [4.78, 5) is 26.0. The first-order chi connectivity index (χ1) is 14.5. The molecule has 1 aromatic rings. The van der Waals surface area contributed by atoms with Gasteiger partial charge in [-0.3, -0.25) is 4.79 Å². The fourth-order valence-corrected chi connectivity index (χ4v) is 4.46. The number of hydrogen-bond acceptors (Lipinski definition) is 2. The maximum Gasteiger partial charge on any atom is 0.391 e. The molecule has 11 heteroatoms. The molecule has 1 saturated carbocycles. The van der Waals surface area contributed by atoms with E-state index in [-0.39, 0.29) is 50.2 Å². The molecular formula is C20H23ClF5N3O2. The maximum absolute atomic E-state index is 14.8. The molecule has 1 saturated heterocycles. The molecule has 0 radical (unpaired) electrons. The molecule has 5 nitrogen and oxygen atoms in total. The summed E-state index contributed by atoms with van der Waals surface area (Å²) in [5, 5.41) is 4.55. The zero-order chi connectivity index (χ0) is 22.9. The van der Waals surface area contributed by atoms with Crippen molar-refractivity contribution in [2.75, 3.05) is 13.1 Å². The first-order valence-corrected chi connectivity index (χ1v) is 10.4. The minimum atomic E-state index is -4.31. The number of halogens is 6. The number of urea groups is 1. The third-order valence-electron chi connectivity index (χ3n) is 6.14. The van der Waals surface area contributed by atoms with E-state index in [1.165, 1.54) is 11.8 Å². The summed E-state index contributed by atoms with van der Waals surface area (Å²) in [6.07, 6.45) is -4.43. The van der Waals surface area contributed by atoms with Gasteiger partial charge in [-0.25, -0.2) is 13.6 Å². The fourth-order valence-electron chi connectivity index (χ4n) is 4.29. The lowest BCUT2D eigenvalue weighted by atomic mass is 9.76. The molecular weight excluding hydrogens is 445 g/mol. The third kappa shape index (κ3) is 5.05. The van der Waals surface area contributed by atoms with Crippen LogP contribution in [0.15, 0.2) is 12.1 Å². The van der Waals surface area contributed by atoms with Gasteiger partial charge in [0.1, 0.15) is 22.7 Å². The molecule has 3 rings (SSSR count). The van der Waals surface area contributed by atoms with Crippen LogP contribution in [0.4, 0.5) is 26.7 Å². The van der Waals surface area contributed by atoms with Crippen molar-refractivity contribution in [1.29, 1.82) is 0 Å². The number of nitrogens with one attached hydrogen (secondary N) is 2. The van der Waals surface area contributed by atoms with Crippen molar-refractivity contribution in [3.05, 3.63) is 34.4 Å². The van der Waals surface area contributed by atoms with Crippen LogP contribution in [0.2, 0.25) is 5.02 Å². The summed E-state index contributed by atoms with van der Waals surface area (Å²) in [6, 6.07) is -0.332. The average Bonchev–Trinajstić information content (AvgIpc) is 2.72. The molecule has 1 aliphatic carbocycles. The molecule has 2 N–H and O–H groups in total. The van der Waals surface area contributed by atoms with E-state index in [2.05, 4.69) is 10.6 Å². The minimum absolute atomic E-state index is 0.0932. The van der Waals surface area contributed by atoms with Crippen LogP contribution in [0.5, 0.6) is 0 Å². The molecule has 1 aliphatic heterocycles. The molecule has 1 aromatic carbocycles. The van der Waals surface area contributed by atoms with Crippen molar-refractivity contribution in [2.45, 2.75) is 50.9 Å². The van der Waals surface area contributed by atoms with Gasteiger partial charge in [0, 0.05) is 18.7 Å². The van der Waals surface area contributed by atoms with Crippen LogP contribution in [0.1, 0.15) is 44.2 Å². The first-order valence-electron chi connectivity index (χ1n) is 10.1. The molecule has 2 aliphatic rings.